The molecule has 2 aliphatic rings. The number of fused-ring (bicyclic) bond motifs is 12. The van der Waals surface area contributed by atoms with E-state index in [0.29, 0.717) is 0 Å². The summed E-state index contributed by atoms with van der Waals surface area (Å²) < 4.78 is 4.68. The molecule has 0 saturated carbocycles. The summed E-state index contributed by atoms with van der Waals surface area (Å²) in [5.41, 5.74) is 24.6. The molecule has 0 N–H and O–H groups in total. The third kappa shape index (κ3) is 8.85. The fourth-order valence-electron chi connectivity index (χ4n) is 14.8. The van der Waals surface area contributed by atoms with Crippen molar-refractivity contribution in [2.45, 2.75) is 0 Å². The topological polar surface area (TPSA) is 42.1 Å². The molecule has 14 aromatic carbocycles. The van der Waals surface area contributed by atoms with Gasteiger partial charge in [0, 0.05) is 56.6 Å². The van der Waals surface area contributed by atoms with Gasteiger partial charge >= 0.3 is 0 Å². The first-order valence-corrected chi connectivity index (χ1v) is 33.8. The molecule has 0 bridgehead atoms. The van der Waals surface area contributed by atoms with Gasteiger partial charge in [0.15, 0.2) is 8.07 Å². The first kappa shape index (κ1) is 53.8. The third-order valence-electron chi connectivity index (χ3n) is 18.9. The molecule has 2 aromatic heterocycles. The average molecular weight is 1200 g/mol. The zero-order valence-corrected chi connectivity index (χ0v) is 51.7. The Morgan fingerprint density at radius 3 is 0.817 bits per heavy atom. The van der Waals surface area contributed by atoms with Gasteiger partial charge in [-0.3, -0.25) is 9.13 Å². The van der Waals surface area contributed by atoms with E-state index in [0.717, 1.165) is 101 Å². The molecule has 16 aromatic rings. The van der Waals surface area contributed by atoms with E-state index in [-0.39, 0.29) is 0 Å². The van der Waals surface area contributed by atoms with Gasteiger partial charge in [0.05, 0.1) is 22.1 Å². The van der Waals surface area contributed by atoms with Crippen molar-refractivity contribution < 1.29 is 0 Å². The maximum absolute atomic E-state index is 5.53. The van der Waals surface area contributed by atoms with Crippen molar-refractivity contribution in [3.8, 4) is 78.7 Å². The Morgan fingerprint density at radius 2 is 0.484 bits per heavy atom. The van der Waals surface area contributed by atoms with Crippen LogP contribution in [0.5, 0.6) is 0 Å². The van der Waals surface area contributed by atoms with E-state index in [1.165, 1.54) is 54.1 Å². The van der Waals surface area contributed by atoms with Gasteiger partial charge < -0.3 is 9.80 Å². The molecular formula is C86H58N6Si. The lowest BCUT2D eigenvalue weighted by Crippen LogP contribution is -2.70. The summed E-state index contributed by atoms with van der Waals surface area (Å²) in [6.45, 7) is 0. The number of benzene rings is 14. The summed E-state index contributed by atoms with van der Waals surface area (Å²) in [5.74, 6) is 1.81. The molecule has 0 saturated heterocycles. The highest BCUT2D eigenvalue weighted by atomic mass is 28.3. The number of rotatable bonds is 12. The third-order valence-corrected chi connectivity index (χ3v) is 23.8. The van der Waals surface area contributed by atoms with Crippen molar-refractivity contribution >= 4 is 85.0 Å². The van der Waals surface area contributed by atoms with Crippen molar-refractivity contribution in [2.75, 3.05) is 9.80 Å². The van der Waals surface area contributed by atoms with Crippen molar-refractivity contribution in [1.29, 1.82) is 0 Å². The van der Waals surface area contributed by atoms with Gasteiger partial charge in [-0.1, -0.05) is 231 Å². The summed E-state index contributed by atoms with van der Waals surface area (Å²) in [6.07, 6.45) is 0. The number of para-hydroxylation sites is 10. The molecule has 0 unspecified atom stereocenters. The van der Waals surface area contributed by atoms with Crippen LogP contribution in [0.3, 0.4) is 0 Å². The molecule has 4 heterocycles. The highest BCUT2D eigenvalue weighted by Crippen LogP contribution is 2.44. The fourth-order valence-corrected chi connectivity index (χ4v) is 20.5. The summed E-state index contributed by atoms with van der Waals surface area (Å²) >= 11 is 0. The zero-order chi connectivity index (χ0) is 61.4. The molecule has 0 aliphatic carbocycles. The van der Waals surface area contributed by atoms with Crippen molar-refractivity contribution in [1.82, 2.24) is 19.1 Å². The van der Waals surface area contributed by atoms with Crippen LogP contribution in [0.4, 0.5) is 34.1 Å². The molecule has 0 fully saturated rings. The largest absolute Gasteiger partial charge is 0.311 e. The normalized spacial score (nSPS) is 12.4. The minimum Gasteiger partial charge on any atom is -0.311 e. The van der Waals surface area contributed by atoms with E-state index in [4.69, 9.17) is 9.97 Å². The predicted octanol–water partition coefficient (Wildman–Crippen LogP) is 19.3. The van der Waals surface area contributed by atoms with Gasteiger partial charge in [-0.15, -0.1) is 0 Å². The maximum atomic E-state index is 5.53. The molecule has 93 heavy (non-hydrogen) atoms. The lowest BCUT2D eigenvalue weighted by Gasteiger charge is -2.29. The lowest BCUT2D eigenvalue weighted by atomic mass is 9.98. The standard InChI is InChI=1S/C86H58N6Si/c1-7-23-65(24-8-1)89(66-25-9-2-10-26-66)71-47-39-59(40-48-71)61-43-51-73-74-52-44-62(60-41-49-72(50-42-60)90(67-27-11-3-12-28-67)68-29-13-4-14-30-68)56-82(74)93(81(73)55-61)83-57-63(85-87-77-35-19-21-37-79(77)91(85)69-31-15-5-16-32-69)45-53-75(83)76-54-46-64(58-84(76)93)86-88-78-36-20-22-38-80(78)92(86)70-33-17-6-18-34-70/h1-58H. The van der Waals surface area contributed by atoms with Crippen molar-refractivity contribution in [2.24, 2.45) is 0 Å². The molecule has 18 rings (SSSR count). The van der Waals surface area contributed by atoms with Crippen LogP contribution in [-0.2, 0) is 0 Å². The molecule has 1 spiro atoms. The van der Waals surface area contributed by atoms with Crippen LogP contribution in [0.1, 0.15) is 0 Å². The van der Waals surface area contributed by atoms with Crippen LogP contribution < -0.4 is 30.5 Å². The monoisotopic (exact) mass is 1200 g/mol. The van der Waals surface area contributed by atoms with Gasteiger partial charge in [0.1, 0.15) is 11.6 Å². The van der Waals surface area contributed by atoms with Crippen LogP contribution in [0.25, 0.3) is 101 Å². The van der Waals surface area contributed by atoms with E-state index in [1.54, 1.807) is 0 Å². The fraction of sp³-hybridized carbons (Fsp3) is 0. The van der Waals surface area contributed by atoms with Gasteiger partial charge in [-0.2, -0.15) is 0 Å². The highest BCUT2D eigenvalue weighted by molar-refractivity contribution is 7.24. The van der Waals surface area contributed by atoms with Crippen molar-refractivity contribution in [3.05, 3.63) is 352 Å². The minimum absolute atomic E-state index is 0.906. The molecule has 0 amide bonds. The van der Waals surface area contributed by atoms with E-state index >= 15 is 0 Å². The van der Waals surface area contributed by atoms with Crippen LogP contribution >= 0.6 is 0 Å². The first-order chi connectivity index (χ1) is 46.1. The Labute approximate surface area is 541 Å². The summed E-state index contributed by atoms with van der Waals surface area (Å²) in [4.78, 5) is 15.7. The Bertz CT molecular complexity index is 5060. The average Bonchev–Trinajstić information content (AvgIpc) is 1.51. The molecule has 0 radical (unpaired) electrons. The summed E-state index contributed by atoms with van der Waals surface area (Å²) in [7, 11) is -3.40. The molecule has 436 valence electrons. The smallest absolute Gasteiger partial charge is 0.182 e. The molecular weight excluding hydrogens is 1150 g/mol. The van der Waals surface area contributed by atoms with Crippen LogP contribution in [0, 0.1) is 0 Å². The Kier molecular flexibility index (Phi) is 12.8. The Hall–Kier alpha value is -12.2. The molecule has 6 nitrogen and oxygen atoms in total. The molecule has 7 heteroatoms. The van der Waals surface area contributed by atoms with Crippen LogP contribution in [-0.4, -0.2) is 27.2 Å². The predicted molar refractivity (Wildman–Crippen MR) is 388 cm³/mol. The molecule has 0 atom stereocenters. The summed E-state index contributed by atoms with van der Waals surface area (Å²) in [6, 6.07) is 129. The van der Waals surface area contributed by atoms with Gasteiger partial charge in [0.25, 0.3) is 0 Å². The summed E-state index contributed by atoms with van der Waals surface area (Å²) in [5, 5.41) is 5.42. The van der Waals surface area contributed by atoms with Crippen LogP contribution in [0.15, 0.2) is 352 Å². The second-order valence-electron chi connectivity index (χ2n) is 24.1. The van der Waals surface area contributed by atoms with E-state index in [1.807, 2.05) is 0 Å². The number of hydrogen-bond acceptors (Lipinski definition) is 4. The number of nitrogens with zero attached hydrogens (tertiary/aromatic N) is 6. The van der Waals surface area contributed by atoms with E-state index in [2.05, 4.69) is 371 Å². The Balaban J connectivity index is 0.880. The molecule has 2 aliphatic heterocycles. The first-order valence-electron chi connectivity index (χ1n) is 31.8. The zero-order valence-electron chi connectivity index (χ0n) is 50.7. The number of imidazole rings is 2. The number of aromatic nitrogens is 4. The van der Waals surface area contributed by atoms with Crippen molar-refractivity contribution in [3.63, 3.8) is 0 Å². The van der Waals surface area contributed by atoms with E-state index < -0.39 is 8.07 Å². The second kappa shape index (κ2) is 22.1. The van der Waals surface area contributed by atoms with Crippen LogP contribution in [0.2, 0.25) is 0 Å². The minimum atomic E-state index is -3.40. The Morgan fingerprint density at radius 1 is 0.226 bits per heavy atom. The quantitative estimate of drug-likeness (QED) is 0.114. The van der Waals surface area contributed by atoms with Gasteiger partial charge in [0.2, 0.25) is 0 Å². The van der Waals surface area contributed by atoms with Gasteiger partial charge in [-0.25, -0.2) is 9.97 Å². The maximum Gasteiger partial charge on any atom is 0.182 e. The number of hydrogen-bond donors (Lipinski definition) is 0. The second-order valence-corrected chi connectivity index (χ2v) is 27.7. The van der Waals surface area contributed by atoms with E-state index in [9.17, 15) is 0 Å². The lowest BCUT2D eigenvalue weighted by molar-refractivity contribution is 1.10. The van der Waals surface area contributed by atoms with Gasteiger partial charge in [-0.05, 0) is 187 Å². The number of anilines is 6. The highest BCUT2D eigenvalue weighted by Gasteiger charge is 2.55. The SMILES string of the molecule is c1ccc(N(c2ccccc2)c2ccc(-c3ccc4c(c3)[Si]3(c5cc(-c6ccc(N(c7ccccc7)c7ccccc7)cc6)ccc5-4)c4cc(-c5nc6ccccc6n5-c5ccccc5)ccc4-c4ccc(-c5nc6ccccc6n5-c5ccccc5)cc43)cc2)cc1.